The number of nitrogens with zero attached hydrogens (tertiary/aromatic N) is 2. The van der Waals surface area contributed by atoms with Gasteiger partial charge >= 0.3 is 0 Å². The van der Waals surface area contributed by atoms with Crippen LogP contribution in [0.3, 0.4) is 0 Å². The van der Waals surface area contributed by atoms with Crippen LogP contribution in [0.2, 0.25) is 5.02 Å². The quantitative estimate of drug-likeness (QED) is 0.723. The number of hydrogen-bond donors (Lipinski definition) is 2. The number of hydrogen-bond acceptors (Lipinski definition) is 4. The molecule has 0 unspecified atom stereocenters. The molecule has 0 radical (unpaired) electrons. The Morgan fingerprint density at radius 2 is 2.20 bits per heavy atom. The number of aromatic nitrogens is 2. The lowest BCUT2D eigenvalue weighted by molar-refractivity contribution is 0.127. The second-order valence-corrected chi connectivity index (χ2v) is 5.24. The van der Waals surface area contributed by atoms with Gasteiger partial charge in [0.05, 0.1) is 25.0 Å². The van der Waals surface area contributed by atoms with Crippen LogP contribution in [0.15, 0.2) is 23.6 Å². The van der Waals surface area contributed by atoms with Crippen LogP contribution in [0.25, 0.3) is 0 Å². The second kappa shape index (κ2) is 7.45. The van der Waals surface area contributed by atoms with Gasteiger partial charge in [0, 0.05) is 12.0 Å². The van der Waals surface area contributed by atoms with Crippen LogP contribution in [0.5, 0.6) is 0 Å². The van der Waals surface area contributed by atoms with Gasteiger partial charge in [-0.2, -0.15) is 5.10 Å². The Hall–Kier alpha value is -1.33. The van der Waals surface area contributed by atoms with E-state index in [-0.39, 0.29) is 22.6 Å². The van der Waals surface area contributed by atoms with Gasteiger partial charge in [0.25, 0.3) is 5.56 Å². The molecule has 1 aromatic heterocycles. The highest BCUT2D eigenvalue weighted by molar-refractivity contribution is 6.32. The molecule has 6 heteroatoms. The van der Waals surface area contributed by atoms with Gasteiger partial charge in [-0.15, -0.1) is 6.58 Å². The van der Waals surface area contributed by atoms with Crippen LogP contribution in [-0.2, 0) is 6.54 Å². The first kappa shape index (κ1) is 16.7. The number of nitrogens with one attached hydrogen (secondary N) is 1. The molecule has 0 aliphatic rings. The number of rotatable bonds is 8. The van der Waals surface area contributed by atoms with E-state index >= 15 is 0 Å². The van der Waals surface area contributed by atoms with Crippen LogP contribution < -0.4 is 10.9 Å². The minimum absolute atomic E-state index is 0.0889. The SMILES string of the molecule is C=CCn1ncc(NCC(CC)(CC)CO)c(Cl)c1=O. The number of aliphatic hydroxyl groups is 1. The topological polar surface area (TPSA) is 67.2 Å². The van der Waals surface area contributed by atoms with Crippen molar-refractivity contribution in [2.75, 3.05) is 18.5 Å². The van der Waals surface area contributed by atoms with Crippen molar-refractivity contribution in [2.24, 2.45) is 5.41 Å². The Morgan fingerprint density at radius 1 is 1.55 bits per heavy atom. The van der Waals surface area contributed by atoms with Crippen molar-refractivity contribution < 1.29 is 5.11 Å². The highest BCUT2D eigenvalue weighted by Crippen LogP contribution is 2.27. The van der Waals surface area contributed by atoms with Crippen molar-refractivity contribution >= 4 is 17.3 Å². The van der Waals surface area contributed by atoms with E-state index in [4.69, 9.17) is 11.6 Å². The van der Waals surface area contributed by atoms with Crippen LogP contribution >= 0.6 is 11.6 Å². The lowest BCUT2D eigenvalue weighted by atomic mass is 9.83. The second-order valence-electron chi connectivity index (χ2n) is 4.87. The largest absolute Gasteiger partial charge is 0.396 e. The van der Waals surface area contributed by atoms with Gasteiger partial charge in [-0.05, 0) is 12.8 Å². The number of allylic oxidation sites excluding steroid dienone is 1. The Kier molecular flexibility index (Phi) is 6.23. The minimum Gasteiger partial charge on any atom is -0.396 e. The molecule has 1 aromatic rings. The summed E-state index contributed by atoms with van der Waals surface area (Å²) in [6.07, 6.45) is 4.79. The van der Waals surface area contributed by atoms with E-state index in [2.05, 4.69) is 17.0 Å². The highest BCUT2D eigenvalue weighted by Gasteiger charge is 2.25. The summed E-state index contributed by atoms with van der Waals surface area (Å²) < 4.78 is 1.25. The first-order chi connectivity index (χ1) is 9.53. The maximum atomic E-state index is 11.9. The van der Waals surface area contributed by atoms with Crippen LogP contribution in [0.1, 0.15) is 26.7 Å². The normalized spacial score (nSPS) is 11.4. The van der Waals surface area contributed by atoms with Crippen molar-refractivity contribution in [1.29, 1.82) is 0 Å². The molecule has 0 bridgehead atoms. The van der Waals surface area contributed by atoms with Gasteiger partial charge in [-0.25, -0.2) is 4.68 Å². The van der Waals surface area contributed by atoms with E-state index < -0.39 is 0 Å². The molecule has 2 N–H and O–H groups in total. The fraction of sp³-hybridized carbons (Fsp3) is 0.571. The third-order valence-corrected chi connectivity index (χ3v) is 4.14. The predicted molar refractivity (Wildman–Crippen MR) is 82.3 cm³/mol. The molecule has 0 fully saturated rings. The zero-order chi connectivity index (χ0) is 15.2. The molecular formula is C14H22ClN3O2. The maximum absolute atomic E-state index is 11.9. The van der Waals surface area contributed by atoms with Gasteiger partial charge in [0.2, 0.25) is 0 Å². The van der Waals surface area contributed by atoms with Crippen molar-refractivity contribution in [3.8, 4) is 0 Å². The average Bonchev–Trinajstić information content (AvgIpc) is 2.48. The molecule has 5 nitrogen and oxygen atoms in total. The van der Waals surface area contributed by atoms with E-state index in [9.17, 15) is 9.90 Å². The van der Waals surface area contributed by atoms with Gasteiger partial charge in [0.1, 0.15) is 5.02 Å². The highest BCUT2D eigenvalue weighted by atomic mass is 35.5. The molecule has 112 valence electrons. The van der Waals surface area contributed by atoms with Crippen molar-refractivity contribution in [3.05, 3.63) is 34.2 Å². The summed E-state index contributed by atoms with van der Waals surface area (Å²) in [4.78, 5) is 11.9. The third-order valence-electron chi connectivity index (χ3n) is 3.78. The molecule has 0 spiro atoms. The lowest BCUT2D eigenvalue weighted by Gasteiger charge is -2.30. The van der Waals surface area contributed by atoms with E-state index in [0.717, 1.165) is 12.8 Å². The predicted octanol–water partition coefficient (Wildman–Crippen LogP) is 2.29. The molecule has 1 rings (SSSR count). The Labute approximate surface area is 124 Å². The molecule has 0 saturated heterocycles. The monoisotopic (exact) mass is 299 g/mol. The van der Waals surface area contributed by atoms with Crippen molar-refractivity contribution in [2.45, 2.75) is 33.2 Å². The lowest BCUT2D eigenvalue weighted by Crippen LogP contribution is -2.33. The summed E-state index contributed by atoms with van der Waals surface area (Å²) in [6, 6.07) is 0. The fourth-order valence-electron chi connectivity index (χ4n) is 1.90. The zero-order valence-electron chi connectivity index (χ0n) is 12.0. The Bertz CT molecular complexity index is 501. The first-order valence-corrected chi connectivity index (χ1v) is 7.12. The minimum atomic E-state index is -0.348. The van der Waals surface area contributed by atoms with Crippen LogP contribution in [0.4, 0.5) is 5.69 Å². The van der Waals surface area contributed by atoms with Crippen molar-refractivity contribution in [1.82, 2.24) is 9.78 Å². The molecule has 1 heterocycles. The summed E-state index contributed by atoms with van der Waals surface area (Å²) in [5, 5.41) is 16.8. The molecule has 0 saturated carbocycles. The van der Waals surface area contributed by atoms with Gasteiger partial charge < -0.3 is 10.4 Å². The summed E-state index contributed by atoms with van der Waals surface area (Å²) in [6.45, 7) is 8.58. The van der Waals surface area contributed by atoms with E-state index in [1.165, 1.54) is 10.9 Å². The van der Waals surface area contributed by atoms with Crippen molar-refractivity contribution in [3.63, 3.8) is 0 Å². The Balaban J connectivity index is 2.92. The average molecular weight is 300 g/mol. The fourth-order valence-corrected chi connectivity index (χ4v) is 2.12. The summed E-state index contributed by atoms with van der Waals surface area (Å²) in [7, 11) is 0. The number of halogens is 1. The molecule has 20 heavy (non-hydrogen) atoms. The van der Waals surface area contributed by atoms with E-state index in [0.29, 0.717) is 18.8 Å². The summed E-state index contributed by atoms with van der Waals surface area (Å²) in [5.41, 5.74) is -0.0601. The summed E-state index contributed by atoms with van der Waals surface area (Å²) in [5.74, 6) is 0. The smallest absolute Gasteiger partial charge is 0.287 e. The molecule has 0 aliphatic carbocycles. The zero-order valence-corrected chi connectivity index (χ0v) is 12.8. The molecule has 0 aromatic carbocycles. The van der Waals surface area contributed by atoms with Crippen LogP contribution in [-0.4, -0.2) is 28.0 Å². The molecule has 0 aliphatic heterocycles. The number of anilines is 1. The van der Waals surface area contributed by atoms with Gasteiger partial charge in [0.15, 0.2) is 0 Å². The Morgan fingerprint density at radius 3 is 2.70 bits per heavy atom. The van der Waals surface area contributed by atoms with Gasteiger partial charge in [-0.3, -0.25) is 4.79 Å². The molecular weight excluding hydrogens is 278 g/mol. The first-order valence-electron chi connectivity index (χ1n) is 6.74. The standard InChI is InChI=1S/C14H22ClN3O2/c1-4-7-18-13(20)12(15)11(8-17-18)16-9-14(5-2,6-3)10-19/h4,8,16,19H,1,5-7,9-10H2,2-3H3. The van der Waals surface area contributed by atoms with Crippen LogP contribution in [0, 0.1) is 5.41 Å². The summed E-state index contributed by atoms with van der Waals surface area (Å²) >= 11 is 6.06. The maximum Gasteiger partial charge on any atom is 0.287 e. The third kappa shape index (κ3) is 3.61. The molecule has 0 amide bonds. The van der Waals surface area contributed by atoms with Gasteiger partial charge in [-0.1, -0.05) is 31.5 Å². The van der Waals surface area contributed by atoms with E-state index in [1.54, 1.807) is 6.08 Å². The number of aliphatic hydroxyl groups excluding tert-OH is 1. The van der Waals surface area contributed by atoms with E-state index in [1.807, 2.05) is 13.8 Å². The molecule has 0 atom stereocenters.